The lowest BCUT2D eigenvalue weighted by Gasteiger charge is -2.09. The maximum Gasteiger partial charge on any atom is 0.276 e. The Morgan fingerprint density at radius 3 is 2.38 bits per heavy atom. The van der Waals surface area contributed by atoms with Crippen molar-refractivity contribution in [3.05, 3.63) is 89.5 Å². The molecule has 0 radical (unpaired) electrons. The lowest BCUT2D eigenvalue weighted by molar-refractivity contribution is 0.584. The van der Waals surface area contributed by atoms with Crippen LogP contribution in [0.1, 0.15) is 22.6 Å². The van der Waals surface area contributed by atoms with Gasteiger partial charge in [0.05, 0.1) is 11.1 Å². The Labute approximate surface area is 142 Å². The molecule has 0 atom stereocenters. The third-order valence-electron chi connectivity index (χ3n) is 3.81. The second kappa shape index (κ2) is 6.84. The molecule has 4 nitrogen and oxygen atoms in total. The van der Waals surface area contributed by atoms with Crippen LogP contribution < -0.4 is 4.83 Å². The van der Waals surface area contributed by atoms with Gasteiger partial charge in [-0.3, -0.25) is 0 Å². The summed E-state index contributed by atoms with van der Waals surface area (Å²) in [6.45, 7) is 1.91. The molecule has 0 fully saturated rings. The van der Waals surface area contributed by atoms with Crippen LogP contribution in [0.25, 0.3) is 0 Å². The predicted octanol–water partition coefficient (Wildman–Crippen LogP) is 3.52. The van der Waals surface area contributed by atoms with Crippen molar-refractivity contribution in [2.45, 2.75) is 17.7 Å². The molecule has 0 heterocycles. The summed E-state index contributed by atoms with van der Waals surface area (Å²) in [5, 5.41) is 3.93. The van der Waals surface area contributed by atoms with E-state index in [1.165, 1.54) is 0 Å². The molecule has 0 aliphatic heterocycles. The van der Waals surface area contributed by atoms with Crippen LogP contribution in [-0.2, 0) is 10.0 Å². The maximum absolute atomic E-state index is 12.2. The van der Waals surface area contributed by atoms with Crippen LogP contribution in [0, 0.1) is 6.92 Å². The molecule has 3 rings (SSSR count). The first-order valence-electron chi connectivity index (χ1n) is 7.62. The number of rotatable bonds is 5. The van der Waals surface area contributed by atoms with Crippen LogP contribution in [0.4, 0.5) is 0 Å². The quantitative estimate of drug-likeness (QED) is 0.670. The highest BCUT2D eigenvalue weighted by Gasteiger charge is 2.13. The van der Waals surface area contributed by atoms with Crippen molar-refractivity contribution in [1.29, 1.82) is 0 Å². The van der Waals surface area contributed by atoms with Crippen molar-refractivity contribution in [1.82, 2.24) is 4.83 Å². The number of hydrazone groups is 1. The molecule has 0 bridgehead atoms. The Hall–Kier alpha value is -2.66. The smallest absolute Gasteiger partial charge is 0.200 e. The van der Waals surface area contributed by atoms with E-state index in [0.29, 0.717) is 0 Å². The van der Waals surface area contributed by atoms with Gasteiger partial charge in [-0.25, -0.2) is 4.83 Å². The van der Waals surface area contributed by atoms with Crippen molar-refractivity contribution in [3.8, 4) is 0 Å². The average molecular weight is 338 g/mol. The second-order valence-corrected chi connectivity index (χ2v) is 7.25. The van der Waals surface area contributed by atoms with Crippen molar-refractivity contribution in [2.24, 2.45) is 5.10 Å². The maximum atomic E-state index is 12.2. The number of nitrogens with zero attached hydrogens (tertiary/aromatic N) is 1. The molecule has 2 aromatic rings. The van der Waals surface area contributed by atoms with Crippen molar-refractivity contribution in [3.63, 3.8) is 0 Å². The van der Waals surface area contributed by atoms with Gasteiger partial charge >= 0.3 is 0 Å². The summed E-state index contributed by atoms with van der Waals surface area (Å²) < 4.78 is 24.5. The third kappa shape index (κ3) is 3.63. The number of aryl methyl sites for hydroxylation is 1. The summed E-state index contributed by atoms with van der Waals surface area (Å²) in [7, 11) is -3.65. The fourth-order valence-corrected chi connectivity index (χ4v) is 3.30. The summed E-state index contributed by atoms with van der Waals surface area (Å²) in [5.41, 5.74) is 2.97. The molecule has 2 aromatic carbocycles. The van der Waals surface area contributed by atoms with Gasteiger partial charge in [-0.05, 0) is 30.2 Å². The Kier molecular flexibility index (Phi) is 4.62. The molecule has 0 amide bonds. The predicted molar refractivity (Wildman–Crippen MR) is 96.6 cm³/mol. The monoisotopic (exact) mass is 338 g/mol. The van der Waals surface area contributed by atoms with Gasteiger partial charge in [0.15, 0.2) is 0 Å². The Morgan fingerprint density at radius 2 is 1.67 bits per heavy atom. The van der Waals surface area contributed by atoms with Gasteiger partial charge in [-0.15, -0.1) is 0 Å². The van der Waals surface area contributed by atoms with E-state index in [4.69, 9.17) is 0 Å². The Morgan fingerprint density at radius 1 is 1.00 bits per heavy atom. The van der Waals surface area contributed by atoms with E-state index in [-0.39, 0.29) is 10.8 Å². The molecule has 0 saturated carbocycles. The summed E-state index contributed by atoms with van der Waals surface area (Å²) in [6, 6.07) is 14.4. The first-order valence-corrected chi connectivity index (χ1v) is 9.10. The SMILES string of the molecule is Cc1ccc(S(=O)(=O)NN=Cc2ccccc2C2C=CC=C2)cc1. The van der Waals surface area contributed by atoms with E-state index >= 15 is 0 Å². The number of hydrogen-bond donors (Lipinski definition) is 1. The molecular formula is C19H18N2O2S. The zero-order valence-electron chi connectivity index (χ0n) is 13.3. The van der Waals surface area contributed by atoms with Crippen LogP contribution in [0.5, 0.6) is 0 Å². The van der Waals surface area contributed by atoms with Crippen molar-refractivity contribution < 1.29 is 8.42 Å². The zero-order chi connectivity index (χ0) is 17.0. The molecule has 1 N–H and O–H groups in total. The van der Waals surface area contributed by atoms with Gasteiger partial charge in [-0.1, -0.05) is 66.3 Å². The Bertz CT molecular complexity index is 899. The zero-order valence-corrected chi connectivity index (χ0v) is 14.1. The standard InChI is InChI=1S/C19H18N2O2S/c1-15-10-12-18(13-11-15)24(22,23)21-20-14-17-8-4-5-9-19(17)16-6-2-3-7-16/h2-14,16,21H,1H3. The molecule has 1 aliphatic rings. The van der Waals surface area contributed by atoms with Crippen molar-refractivity contribution >= 4 is 16.2 Å². The normalized spacial score (nSPS) is 14.5. The molecule has 1 aliphatic carbocycles. The largest absolute Gasteiger partial charge is 0.276 e. The number of nitrogens with one attached hydrogen (secondary N) is 1. The molecule has 0 unspecified atom stereocenters. The number of sulfonamides is 1. The van der Waals surface area contributed by atoms with Crippen molar-refractivity contribution in [2.75, 3.05) is 0 Å². The molecule has 122 valence electrons. The highest BCUT2D eigenvalue weighted by molar-refractivity contribution is 7.89. The number of allylic oxidation sites excluding steroid dienone is 4. The highest BCUT2D eigenvalue weighted by Crippen LogP contribution is 2.25. The van der Waals surface area contributed by atoms with Crippen LogP contribution in [-0.4, -0.2) is 14.6 Å². The topological polar surface area (TPSA) is 58.5 Å². The van der Waals surface area contributed by atoms with E-state index in [0.717, 1.165) is 16.7 Å². The fraction of sp³-hybridized carbons (Fsp3) is 0.105. The van der Waals surface area contributed by atoms with Gasteiger partial charge in [0.2, 0.25) is 0 Å². The van der Waals surface area contributed by atoms with E-state index in [1.54, 1.807) is 30.5 Å². The van der Waals surface area contributed by atoms with Crippen LogP contribution in [0.15, 0.2) is 82.8 Å². The minimum Gasteiger partial charge on any atom is -0.200 e. The number of benzene rings is 2. The average Bonchev–Trinajstić information content (AvgIpc) is 3.10. The molecular weight excluding hydrogens is 320 g/mol. The van der Waals surface area contributed by atoms with Crippen LogP contribution in [0.2, 0.25) is 0 Å². The lowest BCUT2D eigenvalue weighted by Crippen LogP contribution is -2.18. The summed E-state index contributed by atoms with van der Waals surface area (Å²) >= 11 is 0. The second-order valence-electron chi connectivity index (χ2n) is 5.59. The van der Waals surface area contributed by atoms with E-state index in [1.807, 2.05) is 43.3 Å². The summed E-state index contributed by atoms with van der Waals surface area (Å²) in [6.07, 6.45) is 9.71. The van der Waals surface area contributed by atoms with Gasteiger partial charge in [-0.2, -0.15) is 13.5 Å². The van der Waals surface area contributed by atoms with E-state index in [9.17, 15) is 8.42 Å². The third-order valence-corrected chi connectivity index (χ3v) is 5.05. The molecule has 0 aromatic heterocycles. The van der Waals surface area contributed by atoms with Gasteiger partial charge < -0.3 is 0 Å². The van der Waals surface area contributed by atoms with E-state index < -0.39 is 10.0 Å². The minimum atomic E-state index is -3.65. The lowest BCUT2D eigenvalue weighted by atomic mass is 9.96. The highest BCUT2D eigenvalue weighted by atomic mass is 32.2. The fourth-order valence-electron chi connectivity index (χ4n) is 2.51. The minimum absolute atomic E-state index is 0.195. The first-order chi connectivity index (χ1) is 11.6. The van der Waals surface area contributed by atoms with Crippen LogP contribution >= 0.6 is 0 Å². The van der Waals surface area contributed by atoms with Gasteiger partial charge in [0, 0.05) is 5.92 Å². The Balaban J connectivity index is 1.78. The van der Waals surface area contributed by atoms with E-state index in [2.05, 4.69) is 22.1 Å². The van der Waals surface area contributed by atoms with Crippen LogP contribution in [0.3, 0.4) is 0 Å². The molecule has 5 heteroatoms. The van der Waals surface area contributed by atoms with Gasteiger partial charge in [0.1, 0.15) is 0 Å². The molecule has 0 saturated heterocycles. The summed E-state index contributed by atoms with van der Waals surface area (Å²) in [5.74, 6) is 0.196. The van der Waals surface area contributed by atoms with Gasteiger partial charge in [0.25, 0.3) is 10.0 Å². The summed E-state index contributed by atoms with van der Waals surface area (Å²) in [4.78, 5) is 2.46. The number of hydrogen-bond acceptors (Lipinski definition) is 3. The first kappa shape index (κ1) is 16.2. The molecule has 24 heavy (non-hydrogen) atoms. The molecule has 0 spiro atoms.